The smallest absolute Gasteiger partial charge is 0.109 e. The summed E-state index contributed by atoms with van der Waals surface area (Å²) in [5.41, 5.74) is 1.01. The predicted molar refractivity (Wildman–Crippen MR) is 64.2 cm³/mol. The van der Waals surface area contributed by atoms with Crippen molar-refractivity contribution >= 4 is 0 Å². The molecule has 1 N–H and O–H groups in total. The molecule has 0 spiro atoms. The van der Waals surface area contributed by atoms with Crippen LogP contribution in [0.3, 0.4) is 0 Å². The lowest BCUT2D eigenvalue weighted by molar-refractivity contribution is 0.129. The molecule has 2 heteroatoms. The van der Waals surface area contributed by atoms with Crippen LogP contribution in [0.5, 0.6) is 0 Å². The van der Waals surface area contributed by atoms with Gasteiger partial charge in [0.05, 0.1) is 12.4 Å². The Labute approximate surface area is 97.7 Å². The number of rotatable bonds is 4. The van der Waals surface area contributed by atoms with E-state index < -0.39 is 0 Å². The van der Waals surface area contributed by atoms with Gasteiger partial charge in [-0.05, 0) is 18.4 Å². The van der Waals surface area contributed by atoms with E-state index >= 15 is 0 Å². The zero-order valence-corrected chi connectivity index (χ0v) is 10.1. The summed E-state index contributed by atoms with van der Waals surface area (Å²) >= 11 is 0. The topological polar surface area (TPSA) is 33.4 Å². The lowest BCUT2D eigenvalue weighted by Crippen LogP contribution is -2.11. The fourth-order valence-corrected chi connectivity index (χ4v) is 2.80. The number of aliphatic hydroxyl groups is 1. The van der Waals surface area contributed by atoms with Crippen molar-refractivity contribution in [2.24, 2.45) is 5.92 Å². The van der Waals surface area contributed by atoms with Crippen molar-refractivity contribution in [3.63, 3.8) is 0 Å². The Kier molecular flexibility index (Phi) is 4.05. The Balaban J connectivity index is 1.93. The van der Waals surface area contributed by atoms with E-state index in [0.717, 1.165) is 24.2 Å². The second-order valence-electron chi connectivity index (χ2n) is 4.91. The van der Waals surface area contributed by atoms with Crippen molar-refractivity contribution in [3.8, 4) is 0 Å². The molecule has 1 heterocycles. The number of aliphatic hydroxyl groups excluding tert-OH is 1. The molecule has 0 bridgehead atoms. The van der Waals surface area contributed by atoms with Crippen LogP contribution in [0.4, 0.5) is 0 Å². The molecule has 1 saturated carbocycles. The van der Waals surface area contributed by atoms with Crippen LogP contribution in [0.1, 0.15) is 62.9 Å². The van der Waals surface area contributed by atoms with Crippen molar-refractivity contribution in [2.45, 2.75) is 58.0 Å². The first kappa shape index (κ1) is 11.7. The number of hydrogen-bond acceptors (Lipinski definition) is 2. The molecule has 1 fully saturated rings. The van der Waals surface area contributed by atoms with E-state index in [9.17, 15) is 5.11 Å². The maximum absolute atomic E-state index is 10.2. The fourth-order valence-electron chi connectivity index (χ4n) is 2.80. The highest BCUT2D eigenvalue weighted by atomic mass is 16.3. The van der Waals surface area contributed by atoms with Crippen LogP contribution in [-0.4, -0.2) is 5.11 Å². The Morgan fingerprint density at radius 1 is 1.38 bits per heavy atom. The van der Waals surface area contributed by atoms with Crippen LogP contribution in [-0.2, 0) is 6.42 Å². The molecule has 2 nitrogen and oxygen atoms in total. The first-order chi connectivity index (χ1) is 7.81. The summed E-state index contributed by atoms with van der Waals surface area (Å²) in [7, 11) is 0. The number of hydrogen-bond donors (Lipinski definition) is 1. The first-order valence-corrected chi connectivity index (χ1v) is 6.55. The molecule has 2 rings (SSSR count). The maximum Gasteiger partial charge on any atom is 0.109 e. The van der Waals surface area contributed by atoms with Crippen molar-refractivity contribution in [1.29, 1.82) is 0 Å². The molecule has 0 aromatic carbocycles. The van der Waals surface area contributed by atoms with Gasteiger partial charge in [0, 0.05) is 12.0 Å². The van der Waals surface area contributed by atoms with Crippen molar-refractivity contribution < 1.29 is 9.52 Å². The van der Waals surface area contributed by atoms with E-state index in [1.165, 1.54) is 32.1 Å². The Hall–Kier alpha value is -0.760. The number of furan rings is 1. The van der Waals surface area contributed by atoms with E-state index in [1.54, 1.807) is 6.26 Å². The van der Waals surface area contributed by atoms with E-state index in [4.69, 9.17) is 4.42 Å². The van der Waals surface area contributed by atoms with Gasteiger partial charge in [-0.25, -0.2) is 0 Å². The van der Waals surface area contributed by atoms with E-state index in [-0.39, 0.29) is 6.10 Å². The average Bonchev–Trinajstić information content (AvgIpc) is 2.78. The third kappa shape index (κ3) is 2.67. The highest BCUT2D eigenvalue weighted by molar-refractivity contribution is 5.19. The van der Waals surface area contributed by atoms with Crippen LogP contribution in [0.25, 0.3) is 0 Å². The molecular formula is C14H22O2. The average molecular weight is 222 g/mol. The van der Waals surface area contributed by atoms with Crippen molar-refractivity contribution in [1.82, 2.24) is 0 Å². The zero-order chi connectivity index (χ0) is 11.4. The molecule has 0 amide bonds. The quantitative estimate of drug-likeness (QED) is 0.839. The van der Waals surface area contributed by atoms with Gasteiger partial charge in [0.15, 0.2) is 0 Å². The molecule has 1 aromatic heterocycles. The Morgan fingerprint density at radius 2 is 2.12 bits per heavy atom. The highest BCUT2D eigenvalue weighted by Gasteiger charge is 2.21. The van der Waals surface area contributed by atoms with E-state index in [2.05, 4.69) is 6.92 Å². The molecule has 0 radical (unpaired) electrons. The van der Waals surface area contributed by atoms with Crippen molar-refractivity contribution in [3.05, 3.63) is 23.7 Å². The summed E-state index contributed by atoms with van der Waals surface area (Å²) in [5.74, 6) is 1.66. The minimum Gasteiger partial charge on any atom is -0.469 e. The summed E-state index contributed by atoms with van der Waals surface area (Å²) in [6, 6.07) is 1.92. The number of aryl methyl sites for hydroxylation is 1. The molecule has 1 unspecified atom stereocenters. The second kappa shape index (κ2) is 5.53. The van der Waals surface area contributed by atoms with Crippen molar-refractivity contribution in [2.75, 3.05) is 0 Å². The van der Waals surface area contributed by atoms with Gasteiger partial charge >= 0.3 is 0 Å². The summed E-state index contributed by atoms with van der Waals surface area (Å²) < 4.78 is 5.36. The molecule has 0 saturated heterocycles. The minimum atomic E-state index is -0.322. The van der Waals surface area contributed by atoms with Gasteiger partial charge in [-0.15, -0.1) is 0 Å². The summed E-state index contributed by atoms with van der Waals surface area (Å²) in [6.45, 7) is 2.07. The van der Waals surface area contributed by atoms with Crippen LogP contribution in [0, 0.1) is 5.92 Å². The van der Waals surface area contributed by atoms with Gasteiger partial charge in [0.2, 0.25) is 0 Å². The molecule has 1 aliphatic rings. The first-order valence-electron chi connectivity index (χ1n) is 6.55. The standard InChI is InChI=1S/C14H22O2/c1-2-14-12(8-9-16-14)13(15)10-11-6-4-3-5-7-11/h8-9,11,13,15H,2-7,10H2,1H3. The van der Waals surface area contributed by atoms with Crippen LogP contribution < -0.4 is 0 Å². The molecule has 1 atom stereocenters. The molecule has 90 valence electrons. The van der Waals surface area contributed by atoms with Gasteiger partial charge in [-0.3, -0.25) is 0 Å². The predicted octanol–water partition coefficient (Wildman–Crippen LogP) is 3.85. The van der Waals surface area contributed by atoms with Gasteiger partial charge < -0.3 is 9.52 Å². The van der Waals surface area contributed by atoms with Gasteiger partial charge in [0.1, 0.15) is 5.76 Å². The second-order valence-corrected chi connectivity index (χ2v) is 4.91. The lowest BCUT2D eigenvalue weighted by Gasteiger charge is -2.23. The van der Waals surface area contributed by atoms with E-state index in [0.29, 0.717) is 5.92 Å². The fraction of sp³-hybridized carbons (Fsp3) is 0.714. The summed E-state index contributed by atoms with van der Waals surface area (Å²) in [6.07, 6.45) is 9.77. The molecule has 0 aliphatic heterocycles. The summed E-state index contributed by atoms with van der Waals surface area (Å²) in [4.78, 5) is 0. The normalized spacial score (nSPS) is 19.9. The molecule has 16 heavy (non-hydrogen) atoms. The largest absolute Gasteiger partial charge is 0.469 e. The van der Waals surface area contributed by atoms with Gasteiger partial charge in [-0.1, -0.05) is 39.0 Å². The monoisotopic (exact) mass is 222 g/mol. The van der Waals surface area contributed by atoms with Crippen LogP contribution >= 0.6 is 0 Å². The molecule has 1 aromatic rings. The van der Waals surface area contributed by atoms with Crippen LogP contribution in [0.2, 0.25) is 0 Å². The maximum atomic E-state index is 10.2. The van der Waals surface area contributed by atoms with Gasteiger partial charge in [-0.2, -0.15) is 0 Å². The minimum absolute atomic E-state index is 0.322. The Bertz CT molecular complexity index is 310. The molecule has 1 aliphatic carbocycles. The van der Waals surface area contributed by atoms with Gasteiger partial charge in [0.25, 0.3) is 0 Å². The lowest BCUT2D eigenvalue weighted by atomic mass is 9.84. The zero-order valence-electron chi connectivity index (χ0n) is 10.1. The third-order valence-corrected chi connectivity index (χ3v) is 3.74. The molecular weight excluding hydrogens is 200 g/mol. The highest BCUT2D eigenvalue weighted by Crippen LogP contribution is 2.33. The van der Waals surface area contributed by atoms with Crippen LogP contribution in [0.15, 0.2) is 16.7 Å². The SMILES string of the molecule is CCc1occc1C(O)CC1CCCCC1. The summed E-state index contributed by atoms with van der Waals surface area (Å²) in [5, 5.41) is 10.2. The Morgan fingerprint density at radius 3 is 2.81 bits per heavy atom. The third-order valence-electron chi connectivity index (χ3n) is 3.74. The van der Waals surface area contributed by atoms with E-state index in [1.807, 2.05) is 6.07 Å².